The van der Waals surface area contributed by atoms with Gasteiger partial charge in [-0.25, -0.2) is 0 Å². The monoisotopic (exact) mass is 666 g/mol. The van der Waals surface area contributed by atoms with Gasteiger partial charge in [0.1, 0.15) is 0 Å². The van der Waals surface area contributed by atoms with Gasteiger partial charge in [-0.1, -0.05) is 121 Å². The van der Waals surface area contributed by atoms with Crippen molar-refractivity contribution in [1.29, 1.82) is 0 Å². The Morgan fingerprint density at radius 3 is 2.00 bits per heavy atom. The molecule has 0 saturated carbocycles. The molecule has 268 valence electrons. The molecule has 2 aromatic rings. The second-order valence-corrected chi connectivity index (χ2v) is 13.6. The number of aliphatic hydroxyl groups is 1. The Labute approximate surface area is 289 Å². The first-order valence-corrected chi connectivity index (χ1v) is 18.7. The van der Waals surface area contributed by atoms with Gasteiger partial charge in [-0.3, -0.25) is 9.59 Å². The average molecular weight is 667 g/mol. The van der Waals surface area contributed by atoms with Crippen molar-refractivity contribution in [1.82, 2.24) is 4.90 Å². The van der Waals surface area contributed by atoms with Gasteiger partial charge >= 0.3 is 5.97 Å². The van der Waals surface area contributed by atoms with Crippen LogP contribution in [0.3, 0.4) is 0 Å². The van der Waals surface area contributed by atoms with Crippen molar-refractivity contribution in [2.45, 2.75) is 142 Å². The summed E-state index contributed by atoms with van der Waals surface area (Å²) in [6, 6.07) is 15.6. The van der Waals surface area contributed by atoms with Crippen LogP contribution in [-0.4, -0.2) is 52.7 Å². The van der Waals surface area contributed by atoms with E-state index < -0.39 is 12.3 Å². The molecule has 3 rings (SSSR count). The van der Waals surface area contributed by atoms with Crippen molar-refractivity contribution >= 4 is 17.6 Å². The predicted octanol–water partition coefficient (Wildman–Crippen LogP) is 9.19. The smallest absolute Gasteiger partial charge is 0.303 e. The number of aliphatic hydroxyl groups excluding tert-OH is 1. The molecule has 1 amide bonds. The van der Waals surface area contributed by atoms with Crippen molar-refractivity contribution in [2.75, 3.05) is 25.0 Å². The third-order valence-electron chi connectivity index (χ3n) is 9.45. The van der Waals surface area contributed by atoms with E-state index in [0.717, 1.165) is 36.3 Å². The highest BCUT2D eigenvalue weighted by atomic mass is 16.7. The van der Waals surface area contributed by atoms with Crippen LogP contribution in [0.2, 0.25) is 0 Å². The average Bonchev–Trinajstić information content (AvgIpc) is 3.08. The van der Waals surface area contributed by atoms with Crippen molar-refractivity contribution < 1.29 is 29.3 Å². The van der Waals surface area contributed by atoms with Gasteiger partial charge in [-0.15, -0.1) is 0 Å². The lowest BCUT2D eigenvalue weighted by Gasteiger charge is -2.43. The zero-order chi connectivity index (χ0) is 34.6. The third-order valence-corrected chi connectivity index (χ3v) is 9.45. The number of carbonyl (C=O) groups excluding carboxylic acids is 1. The second-order valence-electron chi connectivity index (χ2n) is 13.6. The predicted molar refractivity (Wildman–Crippen MR) is 193 cm³/mol. The van der Waals surface area contributed by atoms with Gasteiger partial charge in [-0.2, -0.15) is 0 Å². The van der Waals surface area contributed by atoms with Crippen LogP contribution in [0.1, 0.15) is 146 Å². The minimum Gasteiger partial charge on any atom is -0.481 e. The first kappa shape index (κ1) is 39.7. The molecule has 2 aromatic carbocycles. The van der Waals surface area contributed by atoms with E-state index >= 15 is 0 Å². The maximum atomic E-state index is 12.5. The van der Waals surface area contributed by atoms with Gasteiger partial charge in [0.05, 0.1) is 18.8 Å². The number of amides is 1. The van der Waals surface area contributed by atoms with E-state index in [1.54, 1.807) is 0 Å². The van der Waals surface area contributed by atoms with Crippen LogP contribution in [0.5, 0.6) is 0 Å². The number of ether oxygens (including phenoxy) is 2. The van der Waals surface area contributed by atoms with Crippen LogP contribution in [0.25, 0.3) is 0 Å². The molecule has 0 aromatic heterocycles. The van der Waals surface area contributed by atoms with Gasteiger partial charge in [0.15, 0.2) is 6.29 Å². The second kappa shape index (κ2) is 22.8. The number of carboxylic acids is 1. The number of carboxylic acid groups (broad SMARTS) is 1. The summed E-state index contributed by atoms with van der Waals surface area (Å²) in [7, 11) is 0. The number of aliphatic carboxylic acids is 1. The highest BCUT2D eigenvalue weighted by Gasteiger charge is 2.39. The number of nitrogens with one attached hydrogen (secondary N) is 1. The Morgan fingerprint density at radius 2 is 1.40 bits per heavy atom. The number of nitrogens with zero attached hydrogens (tertiary/aromatic N) is 1. The van der Waals surface area contributed by atoms with Crippen LogP contribution in [-0.2, 0) is 25.7 Å². The van der Waals surface area contributed by atoms with E-state index in [0.29, 0.717) is 12.1 Å². The molecular formula is C40H62N2O6. The lowest BCUT2D eigenvalue weighted by Crippen LogP contribution is -2.45. The van der Waals surface area contributed by atoms with Gasteiger partial charge in [-0.05, 0) is 55.6 Å². The lowest BCUT2D eigenvalue weighted by atomic mass is 9.90. The number of hydrogen-bond acceptors (Lipinski definition) is 6. The molecule has 3 N–H and O–H groups in total. The summed E-state index contributed by atoms with van der Waals surface area (Å²) in [5.41, 5.74) is 3.37. The minimum atomic E-state index is -0.904. The fourth-order valence-corrected chi connectivity index (χ4v) is 6.50. The zero-order valence-corrected chi connectivity index (χ0v) is 29.8. The van der Waals surface area contributed by atoms with E-state index in [2.05, 4.69) is 31.0 Å². The van der Waals surface area contributed by atoms with Crippen LogP contribution in [0.4, 0.5) is 5.69 Å². The van der Waals surface area contributed by atoms with Crippen LogP contribution in [0, 0.1) is 5.92 Å². The fourth-order valence-electron chi connectivity index (χ4n) is 6.50. The molecule has 1 aliphatic heterocycles. The molecule has 1 heterocycles. The molecule has 0 bridgehead atoms. The van der Waals surface area contributed by atoms with Gasteiger partial charge in [0.25, 0.3) is 0 Å². The summed E-state index contributed by atoms with van der Waals surface area (Å²) in [6.45, 7) is 9.70. The van der Waals surface area contributed by atoms with Crippen LogP contribution < -0.4 is 5.32 Å². The number of carbonyl (C=O) groups is 2. The van der Waals surface area contributed by atoms with Gasteiger partial charge in [0.2, 0.25) is 5.91 Å². The number of hydrogen-bond donors (Lipinski definition) is 3. The Kier molecular flexibility index (Phi) is 18.8. The van der Waals surface area contributed by atoms with Crippen molar-refractivity contribution in [2.24, 2.45) is 5.92 Å². The normalized spacial score (nSPS) is 19.4. The van der Waals surface area contributed by atoms with E-state index in [-0.39, 0.29) is 43.5 Å². The highest BCUT2D eigenvalue weighted by molar-refractivity contribution is 5.90. The van der Waals surface area contributed by atoms with Crippen molar-refractivity contribution in [3.05, 3.63) is 65.2 Å². The first-order chi connectivity index (χ1) is 23.3. The summed E-state index contributed by atoms with van der Waals surface area (Å²) in [6.07, 6.45) is 14.8. The van der Waals surface area contributed by atoms with Gasteiger partial charge < -0.3 is 29.9 Å². The topological polar surface area (TPSA) is 108 Å². The molecule has 1 fully saturated rings. The molecule has 0 radical (unpaired) electrons. The fraction of sp³-hybridized carbons (Fsp3) is 0.650. The third kappa shape index (κ3) is 14.4. The lowest BCUT2D eigenvalue weighted by molar-refractivity contribution is -0.276. The summed E-state index contributed by atoms with van der Waals surface area (Å²) < 4.78 is 13.5. The van der Waals surface area contributed by atoms with E-state index in [1.807, 2.05) is 48.5 Å². The number of unbranched alkanes of at least 4 members (excludes halogenated alkanes) is 10. The molecule has 48 heavy (non-hydrogen) atoms. The van der Waals surface area contributed by atoms with E-state index in [4.69, 9.17) is 14.6 Å². The van der Waals surface area contributed by atoms with Crippen LogP contribution in [0.15, 0.2) is 48.5 Å². The van der Waals surface area contributed by atoms with E-state index in [9.17, 15) is 14.7 Å². The Bertz CT molecular complexity index is 1170. The summed E-state index contributed by atoms with van der Waals surface area (Å²) in [5.74, 6) is -1.03. The molecule has 0 unspecified atom stereocenters. The Morgan fingerprint density at radius 1 is 0.771 bits per heavy atom. The highest BCUT2D eigenvalue weighted by Crippen LogP contribution is 2.42. The quantitative estimate of drug-likeness (QED) is 0.0959. The largest absolute Gasteiger partial charge is 0.481 e. The number of benzene rings is 2. The summed E-state index contributed by atoms with van der Waals surface area (Å²) in [4.78, 5) is 26.0. The molecule has 8 heteroatoms. The molecule has 1 saturated heterocycles. The standard InChI is InChI=1S/C40H62N2O6/c1-4-6-8-10-12-14-26-42(27-15-13-11-9-7-5-2)29-36-31(3)39(33-24-22-32(30-43)23-25-33)48-40(47-36)34-18-16-19-35(28-34)41-37(44)20-17-21-38(45)46/h16,18-19,22-25,28,31,36,39-40,43H,4-15,17,20-21,26-27,29-30H2,1-3H3,(H,41,44)(H,45,46)/t31-,36+,39+,40+/m1/s1. The van der Waals surface area contributed by atoms with Gasteiger partial charge in [0, 0.05) is 36.6 Å². The Hall–Kier alpha value is -2.78. The molecule has 4 atom stereocenters. The minimum absolute atomic E-state index is 0.00358. The maximum absolute atomic E-state index is 12.5. The molecular weight excluding hydrogens is 604 g/mol. The maximum Gasteiger partial charge on any atom is 0.303 e. The molecule has 0 spiro atoms. The number of rotatable bonds is 24. The summed E-state index contributed by atoms with van der Waals surface area (Å²) >= 11 is 0. The molecule has 8 nitrogen and oxygen atoms in total. The van der Waals surface area contributed by atoms with Crippen LogP contribution >= 0.6 is 0 Å². The zero-order valence-electron chi connectivity index (χ0n) is 29.8. The van der Waals surface area contributed by atoms with E-state index in [1.165, 1.54) is 77.0 Å². The van der Waals surface area contributed by atoms with Crippen molar-refractivity contribution in [3.8, 4) is 0 Å². The molecule has 1 aliphatic rings. The Balaban J connectivity index is 1.77. The van der Waals surface area contributed by atoms with Crippen molar-refractivity contribution in [3.63, 3.8) is 0 Å². The SMILES string of the molecule is CCCCCCCCN(CCCCCCCC)C[C@@H]1O[C@H](c2cccc(NC(=O)CCCC(=O)O)c2)O[C@H](c2ccc(CO)cc2)[C@@H]1C. The molecule has 0 aliphatic carbocycles. The summed E-state index contributed by atoms with van der Waals surface area (Å²) in [5, 5.41) is 21.5. The first-order valence-electron chi connectivity index (χ1n) is 18.7. The number of anilines is 1.